The highest BCUT2D eigenvalue weighted by Crippen LogP contribution is 2.42. The van der Waals surface area contributed by atoms with Crippen molar-refractivity contribution in [2.24, 2.45) is 5.41 Å². The molecule has 0 fully saturated rings. The third kappa shape index (κ3) is 5.48. The van der Waals surface area contributed by atoms with Crippen molar-refractivity contribution >= 4 is 42.5 Å². The molecular formula is C42H42N2S. The molecule has 226 valence electrons. The Kier molecular flexibility index (Phi) is 7.41. The lowest BCUT2D eigenvalue weighted by atomic mass is 9.88. The van der Waals surface area contributed by atoms with Crippen molar-refractivity contribution in [2.75, 3.05) is 0 Å². The van der Waals surface area contributed by atoms with Crippen molar-refractivity contribution in [1.29, 1.82) is 0 Å². The number of hydrogen-bond donors (Lipinski definition) is 0. The Morgan fingerprint density at radius 3 is 1.93 bits per heavy atom. The van der Waals surface area contributed by atoms with Crippen LogP contribution in [0.2, 0.25) is 0 Å². The summed E-state index contributed by atoms with van der Waals surface area (Å²) in [5.74, 6) is 1.67. The molecule has 0 saturated heterocycles. The van der Waals surface area contributed by atoms with E-state index in [1.54, 1.807) is 0 Å². The standard InChI is InChI=1S/C42H42N2S/c1-26(2)32-23-31(29-13-9-8-10-14-29)24-33(27(3)4)40(32)44-37-16-12-11-15-36(37)43-41(44)30-18-20-39-35(22-30)34-21-28(25-42(5,6)7)17-19-38(34)45-39/h8-24,26-27H,25H2,1-7H3. The maximum absolute atomic E-state index is 5.34. The van der Waals surface area contributed by atoms with Gasteiger partial charge in [-0.25, -0.2) is 4.98 Å². The quantitative estimate of drug-likeness (QED) is 0.184. The third-order valence-electron chi connectivity index (χ3n) is 8.83. The second-order valence-corrected chi connectivity index (χ2v) is 15.4. The fourth-order valence-electron chi connectivity index (χ4n) is 6.75. The van der Waals surface area contributed by atoms with E-state index in [0.29, 0.717) is 11.8 Å². The van der Waals surface area contributed by atoms with E-state index in [9.17, 15) is 0 Å². The van der Waals surface area contributed by atoms with Crippen molar-refractivity contribution in [3.63, 3.8) is 0 Å². The van der Waals surface area contributed by atoms with Gasteiger partial charge < -0.3 is 0 Å². The van der Waals surface area contributed by atoms with Gasteiger partial charge in [0, 0.05) is 25.7 Å². The Hall–Kier alpha value is -4.21. The third-order valence-corrected chi connectivity index (χ3v) is 9.98. The normalized spacial score (nSPS) is 12.4. The van der Waals surface area contributed by atoms with Gasteiger partial charge in [0.25, 0.3) is 0 Å². The maximum Gasteiger partial charge on any atom is 0.145 e. The van der Waals surface area contributed by atoms with E-state index in [0.717, 1.165) is 28.8 Å². The van der Waals surface area contributed by atoms with E-state index in [1.165, 1.54) is 53.7 Å². The number of thiophene rings is 1. The SMILES string of the molecule is CC(C)c1cc(-c2ccccc2)cc(C(C)C)c1-n1c(-c2ccc3sc4ccc(CC(C)(C)C)cc4c3c2)nc2ccccc21. The van der Waals surface area contributed by atoms with Gasteiger partial charge in [-0.3, -0.25) is 4.57 Å². The topological polar surface area (TPSA) is 17.8 Å². The van der Waals surface area contributed by atoms with E-state index < -0.39 is 0 Å². The molecular weight excluding hydrogens is 565 g/mol. The summed E-state index contributed by atoms with van der Waals surface area (Å²) in [5, 5.41) is 2.66. The smallest absolute Gasteiger partial charge is 0.145 e. The minimum atomic E-state index is 0.244. The van der Waals surface area contributed by atoms with E-state index in [4.69, 9.17) is 4.98 Å². The summed E-state index contributed by atoms with van der Waals surface area (Å²) in [6.45, 7) is 16.2. The second kappa shape index (κ2) is 11.3. The summed E-state index contributed by atoms with van der Waals surface area (Å²) in [6.07, 6.45) is 1.06. The molecule has 7 aromatic rings. The number of imidazole rings is 1. The van der Waals surface area contributed by atoms with E-state index in [2.05, 4.69) is 156 Å². The molecule has 0 N–H and O–H groups in total. The Labute approximate surface area is 271 Å². The van der Waals surface area contributed by atoms with Gasteiger partial charge in [-0.1, -0.05) is 97.0 Å². The second-order valence-electron chi connectivity index (χ2n) is 14.3. The lowest BCUT2D eigenvalue weighted by Crippen LogP contribution is -2.09. The van der Waals surface area contributed by atoms with Crippen molar-refractivity contribution in [2.45, 2.75) is 66.7 Å². The molecule has 0 radical (unpaired) electrons. The summed E-state index contributed by atoms with van der Waals surface area (Å²) < 4.78 is 5.12. The van der Waals surface area contributed by atoms with Gasteiger partial charge in [-0.05, 0) is 106 Å². The van der Waals surface area contributed by atoms with Crippen LogP contribution in [0.3, 0.4) is 0 Å². The number of fused-ring (bicyclic) bond motifs is 4. The lowest BCUT2D eigenvalue weighted by Gasteiger charge is -2.24. The minimum Gasteiger partial charge on any atom is -0.292 e. The van der Waals surface area contributed by atoms with Crippen LogP contribution in [0.1, 0.15) is 77.0 Å². The zero-order valence-corrected chi connectivity index (χ0v) is 28.3. The lowest BCUT2D eigenvalue weighted by molar-refractivity contribution is 0.411. The summed E-state index contributed by atoms with van der Waals surface area (Å²) in [6, 6.07) is 38.2. The molecule has 0 atom stereocenters. The average Bonchev–Trinajstić information content (AvgIpc) is 3.58. The molecule has 3 heteroatoms. The number of aromatic nitrogens is 2. The molecule has 0 unspecified atom stereocenters. The fourth-order valence-corrected chi connectivity index (χ4v) is 7.81. The molecule has 7 rings (SSSR count). The van der Waals surface area contributed by atoms with Crippen LogP contribution in [-0.2, 0) is 6.42 Å². The molecule has 2 aromatic heterocycles. The van der Waals surface area contributed by atoms with Crippen LogP contribution < -0.4 is 0 Å². The van der Waals surface area contributed by atoms with Gasteiger partial charge in [0.2, 0.25) is 0 Å². The van der Waals surface area contributed by atoms with Gasteiger partial charge in [-0.15, -0.1) is 11.3 Å². The largest absolute Gasteiger partial charge is 0.292 e. The van der Waals surface area contributed by atoms with Crippen LogP contribution in [0.25, 0.3) is 59.4 Å². The molecule has 5 aromatic carbocycles. The number of benzene rings is 5. The first kappa shape index (κ1) is 29.5. The Morgan fingerprint density at radius 1 is 0.644 bits per heavy atom. The number of nitrogens with zero attached hydrogens (tertiary/aromatic N) is 2. The monoisotopic (exact) mass is 606 g/mol. The fraction of sp³-hybridized carbons (Fsp3) is 0.262. The predicted octanol–water partition coefficient (Wildman–Crippen LogP) is 12.6. The highest BCUT2D eigenvalue weighted by molar-refractivity contribution is 7.25. The van der Waals surface area contributed by atoms with Crippen LogP contribution in [0.4, 0.5) is 0 Å². The summed E-state index contributed by atoms with van der Waals surface area (Å²) in [7, 11) is 0. The van der Waals surface area contributed by atoms with Crippen LogP contribution in [0.5, 0.6) is 0 Å². The summed E-state index contributed by atoms with van der Waals surface area (Å²) in [5.41, 5.74) is 11.4. The van der Waals surface area contributed by atoms with Crippen LogP contribution >= 0.6 is 11.3 Å². The van der Waals surface area contributed by atoms with Gasteiger partial charge >= 0.3 is 0 Å². The first-order chi connectivity index (χ1) is 21.6. The zero-order valence-electron chi connectivity index (χ0n) is 27.5. The number of rotatable bonds is 6. The van der Waals surface area contributed by atoms with Gasteiger partial charge in [0.05, 0.1) is 16.7 Å². The van der Waals surface area contributed by atoms with Crippen LogP contribution in [0.15, 0.2) is 103 Å². The highest BCUT2D eigenvalue weighted by atomic mass is 32.1. The Bertz CT molecular complexity index is 2140. The first-order valence-electron chi connectivity index (χ1n) is 16.2. The van der Waals surface area contributed by atoms with E-state index >= 15 is 0 Å². The molecule has 2 nitrogen and oxygen atoms in total. The summed E-state index contributed by atoms with van der Waals surface area (Å²) >= 11 is 1.88. The molecule has 0 bridgehead atoms. The van der Waals surface area contributed by atoms with Crippen molar-refractivity contribution < 1.29 is 0 Å². The number of para-hydroxylation sites is 2. The molecule has 0 saturated carbocycles. The minimum absolute atomic E-state index is 0.244. The van der Waals surface area contributed by atoms with Gasteiger partial charge in [0.1, 0.15) is 5.82 Å². The molecule has 0 aliphatic rings. The highest BCUT2D eigenvalue weighted by Gasteiger charge is 2.24. The van der Waals surface area contributed by atoms with Crippen LogP contribution in [0, 0.1) is 5.41 Å². The molecule has 0 aliphatic carbocycles. The molecule has 45 heavy (non-hydrogen) atoms. The summed E-state index contributed by atoms with van der Waals surface area (Å²) in [4.78, 5) is 5.34. The Balaban J connectivity index is 1.50. The van der Waals surface area contributed by atoms with Crippen LogP contribution in [-0.4, -0.2) is 9.55 Å². The van der Waals surface area contributed by atoms with Gasteiger partial charge in [-0.2, -0.15) is 0 Å². The molecule has 0 spiro atoms. The van der Waals surface area contributed by atoms with E-state index in [1.807, 2.05) is 11.3 Å². The first-order valence-corrected chi connectivity index (χ1v) is 17.1. The van der Waals surface area contributed by atoms with Gasteiger partial charge in [0.15, 0.2) is 0 Å². The number of hydrogen-bond acceptors (Lipinski definition) is 2. The maximum atomic E-state index is 5.34. The molecule has 0 amide bonds. The molecule has 0 aliphatic heterocycles. The zero-order chi connectivity index (χ0) is 31.5. The average molecular weight is 607 g/mol. The van der Waals surface area contributed by atoms with Crippen molar-refractivity contribution in [3.8, 4) is 28.2 Å². The molecule has 2 heterocycles. The van der Waals surface area contributed by atoms with Crippen molar-refractivity contribution in [3.05, 3.63) is 120 Å². The van der Waals surface area contributed by atoms with Crippen molar-refractivity contribution in [1.82, 2.24) is 9.55 Å². The Morgan fingerprint density at radius 2 is 1.27 bits per heavy atom. The van der Waals surface area contributed by atoms with E-state index in [-0.39, 0.29) is 5.41 Å². The predicted molar refractivity (Wildman–Crippen MR) is 196 cm³/mol.